The molecule has 12 heteroatoms. The summed E-state index contributed by atoms with van der Waals surface area (Å²) in [7, 11) is 1.49. The van der Waals surface area contributed by atoms with E-state index in [1.165, 1.54) is 7.11 Å². The van der Waals surface area contributed by atoms with Crippen LogP contribution in [-0.2, 0) is 9.53 Å². The first-order chi connectivity index (χ1) is 16.1. The number of carboxylic acids is 1. The Bertz CT molecular complexity index is 1280. The molecule has 0 saturated carbocycles. The summed E-state index contributed by atoms with van der Waals surface area (Å²) >= 11 is 0. The van der Waals surface area contributed by atoms with Gasteiger partial charge in [0.15, 0.2) is 23.0 Å². The highest BCUT2D eigenvalue weighted by molar-refractivity contribution is 5.89. The maximum atomic E-state index is 12.6. The number of fused-ring (bicyclic) bond motifs is 1. The Morgan fingerprint density at radius 3 is 2.26 bits per heavy atom. The van der Waals surface area contributed by atoms with E-state index in [2.05, 4.69) is 0 Å². The summed E-state index contributed by atoms with van der Waals surface area (Å²) in [6, 6.07) is 8.69. The van der Waals surface area contributed by atoms with Gasteiger partial charge in [0, 0.05) is 17.7 Å². The van der Waals surface area contributed by atoms with E-state index >= 15 is 0 Å². The maximum Gasteiger partial charge on any atom is 0.335 e. The lowest BCUT2D eigenvalue weighted by atomic mass is 9.99. The third-order valence-corrected chi connectivity index (χ3v) is 5.36. The van der Waals surface area contributed by atoms with Crippen LogP contribution in [0, 0.1) is 0 Å². The highest BCUT2D eigenvalue weighted by Crippen LogP contribution is 2.42. The monoisotopic (exact) mass is 476 g/mol. The van der Waals surface area contributed by atoms with E-state index in [1.54, 1.807) is 24.3 Å². The average Bonchev–Trinajstić information content (AvgIpc) is 2.81. The molecule has 12 nitrogen and oxygen atoms in total. The minimum Gasteiger partial charge on any atom is -0.504 e. The van der Waals surface area contributed by atoms with E-state index in [9.17, 15) is 35.1 Å². The molecule has 0 bridgehead atoms. The summed E-state index contributed by atoms with van der Waals surface area (Å²) in [4.78, 5) is 23.9. The van der Waals surface area contributed by atoms with Gasteiger partial charge < -0.3 is 49.3 Å². The third kappa shape index (κ3) is 3.99. The van der Waals surface area contributed by atoms with Crippen molar-refractivity contribution in [3.8, 4) is 34.3 Å². The van der Waals surface area contributed by atoms with E-state index in [0.717, 1.165) is 12.1 Å². The minimum absolute atomic E-state index is 0.120. The summed E-state index contributed by atoms with van der Waals surface area (Å²) in [5.74, 6) is -3.29. The summed E-state index contributed by atoms with van der Waals surface area (Å²) in [5.41, 5.74) is -0.378. The number of hydrogen-bond acceptors (Lipinski definition) is 11. The first kappa shape index (κ1) is 23.3. The molecule has 0 amide bonds. The Labute approximate surface area is 190 Å². The van der Waals surface area contributed by atoms with Gasteiger partial charge in [-0.3, -0.25) is 4.79 Å². The number of aliphatic hydroxyl groups excluding tert-OH is 3. The minimum atomic E-state index is -1.95. The van der Waals surface area contributed by atoms with Crippen molar-refractivity contribution < 1.29 is 54.1 Å². The van der Waals surface area contributed by atoms with Crippen molar-refractivity contribution >= 4 is 16.9 Å². The Kier molecular flexibility index (Phi) is 6.06. The van der Waals surface area contributed by atoms with Crippen molar-refractivity contribution in [2.75, 3.05) is 7.11 Å². The van der Waals surface area contributed by atoms with Gasteiger partial charge in [-0.25, -0.2) is 4.79 Å². The number of phenols is 2. The predicted molar refractivity (Wildman–Crippen MR) is 113 cm³/mol. The number of phenolic OH excluding ortho intramolecular Hbond substituents is 2. The maximum absolute atomic E-state index is 12.6. The van der Waals surface area contributed by atoms with Gasteiger partial charge in [0.2, 0.25) is 12.0 Å². The zero-order valence-electron chi connectivity index (χ0n) is 17.5. The fourth-order valence-corrected chi connectivity index (χ4v) is 3.53. The van der Waals surface area contributed by atoms with Crippen LogP contribution in [0.3, 0.4) is 0 Å². The van der Waals surface area contributed by atoms with E-state index in [0.29, 0.717) is 11.3 Å². The lowest BCUT2D eigenvalue weighted by Crippen LogP contribution is -2.61. The number of aliphatic hydroxyl groups is 3. The van der Waals surface area contributed by atoms with Gasteiger partial charge in [-0.15, -0.1) is 0 Å². The molecule has 6 N–H and O–H groups in total. The number of carboxylic acid groups (broad SMARTS) is 1. The average molecular weight is 476 g/mol. The molecular weight excluding hydrogens is 456 g/mol. The molecule has 1 aliphatic rings. The van der Waals surface area contributed by atoms with Gasteiger partial charge in [0.25, 0.3) is 0 Å². The number of benzene rings is 2. The molecule has 2 aromatic carbocycles. The fourth-order valence-electron chi connectivity index (χ4n) is 3.53. The molecule has 3 aromatic rings. The number of hydrogen-bond donors (Lipinski definition) is 6. The molecule has 2 heterocycles. The molecule has 1 aliphatic heterocycles. The first-order valence-corrected chi connectivity index (χ1v) is 9.88. The highest BCUT2D eigenvalue weighted by Gasteiger charge is 2.48. The smallest absolute Gasteiger partial charge is 0.335 e. The lowest BCUT2D eigenvalue weighted by molar-refractivity contribution is -0.271. The van der Waals surface area contributed by atoms with Crippen molar-refractivity contribution in [1.29, 1.82) is 0 Å². The molecule has 4 rings (SSSR count). The fraction of sp³-hybridized carbons (Fsp3) is 0.273. The SMILES string of the molecule is COc1ccc(-c2cc(=O)c3c(O)c(O)c(O[C@@H]4OC(C(=O)O)[C@@H](O)[C@H](O)C4O)cc3o2)cc1. The van der Waals surface area contributed by atoms with Gasteiger partial charge >= 0.3 is 5.97 Å². The Morgan fingerprint density at radius 1 is 0.971 bits per heavy atom. The number of aromatic hydroxyl groups is 2. The van der Waals surface area contributed by atoms with Crippen LogP contribution >= 0.6 is 0 Å². The first-order valence-electron chi connectivity index (χ1n) is 9.88. The zero-order chi connectivity index (χ0) is 24.7. The molecular formula is C22H20O12. The molecule has 1 aromatic heterocycles. The van der Waals surface area contributed by atoms with Gasteiger partial charge in [-0.1, -0.05) is 0 Å². The Hall–Kier alpha value is -3.84. The number of methoxy groups -OCH3 is 1. The molecule has 34 heavy (non-hydrogen) atoms. The molecule has 0 aliphatic carbocycles. The zero-order valence-corrected chi connectivity index (χ0v) is 17.5. The molecule has 5 atom stereocenters. The molecule has 0 spiro atoms. The standard InChI is InChI=1S/C22H20O12/c1-31-9-4-2-8(3-5-9)11-6-10(23)14-12(32-11)7-13(15(24)16(14)25)33-22-19(28)17(26)18(27)20(34-22)21(29)30/h2-7,17-20,22,24-28H,1H3,(H,29,30)/t17-,18-,19?,20?,22+/m0/s1. The summed E-state index contributed by atoms with van der Waals surface area (Å²) in [5, 5.41) is 59.4. The van der Waals surface area contributed by atoms with E-state index in [-0.39, 0.29) is 16.7 Å². The van der Waals surface area contributed by atoms with Crippen LogP contribution in [0.2, 0.25) is 0 Å². The Balaban J connectivity index is 1.75. The van der Waals surface area contributed by atoms with E-state index < -0.39 is 59.4 Å². The van der Waals surface area contributed by atoms with Crippen LogP contribution in [0.5, 0.6) is 23.0 Å². The molecule has 1 saturated heterocycles. The van der Waals surface area contributed by atoms with Crippen LogP contribution < -0.4 is 14.9 Å². The predicted octanol–water partition coefficient (Wildman–Crippen LogP) is 0.151. The van der Waals surface area contributed by atoms with Gasteiger partial charge in [-0.05, 0) is 24.3 Å². The van der Waals surface area contributed by atoms with E-state index in [1.807, 2.05) is 0 Å². The van der Waals surface area contributed by atoms with Crippen molar-refractivity contribution in [2.24, 2.45) is 0 Å². The molecule has 0 radical (unpaired) electrons. The molecule has 1 fully saturated rings. The molecule has 180 valence electrons. The van der Waals surface area contributed by atoms with E-state index in [4.69, 9.17) is 23.7 Å². The lowest BCUT2D eigenvalue weighted by Gasteiger charge is -2.38. The number of rotatable bonds is 5. The van der Waals surface area contributed by atoms with Crippen LogP contribution in [0.25, 0.3) is 22.3 Å². The third-order valence-electron chi connectivity index (χ3n) is 5.36. The van der Waals surface area contributed by atoms with Crippen LogP contribution in [-0.4, -0.2) is 74.4 Å². The van der Waals surface area contributed by atoms with Gasteiger partial charge in [0.1, 0.15) is 40.8 Å². The number of aliphatic carboxylic acids is 1. The van der Waals surface area contributed by atoms with Crippen molar-refractivity contribution in [2.45, 2.75) is 30.7 Å². The van der Waals surface area contributed by atoms with Crippen molar-refractivity contribution in [3.63, 3.8) is 0 Å². The molecule has 2 unspecified atom stereocenters. The second kappa shape index (κ2) is 8.83. The van der Waals surface area contributed by atoms with Crippen molar-refractivity contribution in [3.05, 3.63) is 46.6 Å². The van der Waals surface area contributed by atoms with Crippen LogP contribution in [0.1, 0.15) is 0 Å². The second-order valence-electron chi connectivity index (χ2n) is 7.50. The second-order valence-corrected chi connectivity index (χ2v) is 7.50. The van der Waals surface area contributed by atoms with Crippen molar-refractivity contribution in [1.82, 2.24) is 0 Å². The summed E-state index contributed by atoms with van der Waals surface area (Å²) < 4.78 is 21.1. The quantitative estimate of drug-likeness (QED) is 0.273. The normalized spacial score (nSPS) is 24.6. The summed E-state index contributed by atoms with van der Waals surface area (Å²) in [6.07, 6.45) is -9.62. The number of carbonyl (C=O) groups is 1. The highest BCUT2D eigenvalue weighted by atomic mass is 16.7. The van der Waals surface area contributed by atoms with Crippen LogP contribution in [0.4, 0.5) is 0 Å². The van der Waals surface area contributed by atoms with Crippen LogP contribution in [0.15, 0.2) is 45.6 Å². The largest absolute Gasteiger partial charge is 0.504 e. The summed E-state index contributed by atoms with van der Waals surface area (Å²) in [6.45, 7) is 0. The number of ether oxygens (including phenoxy) is 3. The topological polar surface area (TPSA) is 196 Å². The Morgan fingerprint density at radius 2 is 1.65 bits per heavy atom. The van der Waals surface area contributed by atoms with Gasteiger partial charge in [0.05, 0.1) is 7.11 Å². The van der Waals surface area contributed by atoms with Gasteiger partial charge in [-0.2, -0.15) is 0 Å².